The number of hydrogen-bond donors (Lipinski definition) is 0. The van der Waals surface area contributed by atoms with Crippen LogP contribution in [0.25, 0.3) is 5.65 Å². The molecule has 6 heteroatoms. The van der Waals surface area contributed by atoms with E-state index in [-0.39, 0.29) is 23.6 Å². The van der Waals surface area contributed by atoms with E-state index in [0.717, 1.165) is 16.9 Å². The summed E-state index contributed by atoms with van der Waals surface area (Å²) in [5.74, 6) is 0.288. The number of ketones is 1. The van der Waals surface area contributed by atoms with Gasteiger partial charge in [-0.1, -0.05) is 12.1 Å². The van der Waals surface area contributed by atoms with Crippen molar-refractivity contribution < 1.29 is 13.6 Å². The number of nitrogens with zero attached hydrogens (tertiary/aromatic N) is 3. The molecule has 0 bridgehead atoms. The van der Waals surface area contributed by atoms with E-state index in [1.165, 1.54) is 31.0 Å². The summed E-state index contributed by atoms with van der Waals surface area (Å²) >= 11 is 0. The van der Waals surface area contributed by atoms with Gasteiger partial charge >= 0.3 is 0 Å². The molecule has 3 heterocycles. The SMILES string of the molecule is O=C(Cc1ccc2nc(C3CC3)cn2c1)c1cccc(C(F)F)n1. The van der Waals surface area contributed by atoms with Crippen molar-refractivity contribution in [2.45, 2.75) is 31.6 Å². The quantitative estimate of drug-likeness (QED) is 0.666. The van der Waals surface area contributed by atoms with E-state index < -0.39 is 6.43 Å². The van der Waals surface area contributed by atoms with Crippen LogP contribution in [0.4, 0.5) is 8.78 Å². The molecular formula is C18H15F2N3O. The molecular weight excluding hydrogens is 312 g/mol. The van der Waals surface area contributed by atoms with Crippen molar-refractivity contribution in [1.82, 2.24) is 14.4 Å². The summed E-state index contributed by atoms with van der Waals surface area (Å²) < 4.78 is 27.3. The Morgan fingerprint density at radius 1 is 1.17 bits per heavy atom. The Hall–Kier alpha value is -2.63. The van der Waals surface area contributed by atoms with Crippen LogP contribution in [0.2, 0.25) is 0 Å². The van der Waals surface area contributed by atoms with Crippen LogP contribution in [0.15, 0.2) is 42.7 Å². The maximum absolute atomic E-state index is 12.7. The Balaban J connectivity index is 1.56. The zero-order valence-electron chi connectivity index (χ0n) is 12.8. The van der Waals surface area contributed by atoms with Gasteiger partial charge in [0.05, 0.1) is 5.69 Å². The van der Waals surface area contributed by atoms with E-state index in [1.807, 2.05) is 28.9 Å². The van der Waals surface area contributed by atoms with Gasteiger partial charge in [0.2, 0.25) is 0 Å². The lowest BCUT2D eigenvalue weighted by Crippen LogP contribution is -2.08. The topological polar surface area (TPSA) is 47.3 Å². The third-order valence-corrected chi connectivity index (χ3v) is 4.17. The van der Waals surface area contributed by atoms with Crippen molar-refractivity contribution in [1.29, 1.82) is 0 Å². The molecule has 3 aromatic heterocycles. The minimum absolute atomic E-state index is 0.0668. The summed E-state index contributed by atoms with van der Waals surface area (Å²) in [6, 6.07) is 7.83. The molecule has 0 atom stereocenters. The fraction of sp³-hybridized carbons (Fsp3) is 0.278. The summed E-state index contributed by atoms with van der Waals surface area (Å²) in [7, 11) is 0. The molecule has 0 amide bonds. The lowest BCUT2D eigenvalue weighted by atomic mass is 10.1. The predicted molar refractivity (Wildman–Crippen MR) is 84.4 cm³/mol. The highest BCUT2D eigenvalue weighted by atomic mass is 19.3. The molecule has 4 nitrogen and oxygen atoms in total. The second-order valence-electron chi connectivity index (χ2n) is 6.09. The summed E-state index contributed by atoms with van der Waals surface area (Å²) in [6.07, 6.45) is 3.66. The fourth-order valence-electron chi connectivity index (χ4n) is 2.74. The molecule has 1 aliphatic carbocycles. The van der Waals surface area contributed by atoms with E-state index in [0.29, 0.717) is 5.92 Å². The first kappa shape index (κ1) is 14.9. The molecule has 122 valence electrons. The minimum Gasteiger partial charge on any atom is -0.307 e. The van der Waals surface area contributed by atoms with Crippen LogP contribution in [0.1, 0.15) is 52.6 Å². The highest BCUT2D eigenvalue weighted by Gasteiger charge is 2.26. The van der Waals surface area contributed by atoms with Crippen molar-refractivity contribution in [3.8, 4) is 0 Å². The Kier molecular flexibility index (Phi) is 3.59. The van der Waals surface area contributed by atoms with E-state index in [1.54, 1.807) is 0 Å². The Morgan fingerprint density at radius 2 is 2.00 bits per heavy atom. The zero-order chi connectivity index (χ0) is 16.7. The van der Waals surface area contributed by atoms with Crippen molar-refractivity contribution >= 4 is 11.4 Å². The van der Waals surface area contributed by atoms with Crippen molar-refractivity contribution in [3.05, 3.63) is 65.4 Å². The number of pyridine rings is 2. The van der Waals surface area contributed by atoms with Crippen LogP contribution < -0.4 is 0 Å². The lowest BCUT2D eigenvalue weighted by Gasteiger charge is -2.04. The molecule has 3 aromatic rings. The van der Waals surface area contributed by atoms with Crippen molar-refractivity contribution in [2.24, 2.45) is 0 Å². The first-order valence-corrected chi connectivity index (χ1v) is 7.86. The van der Waals surface area contributed by atoms with Gasteiger partial charge in [-0.15, -0.1) is 0 Å². The maximum atomic E-state index is 12.7. The van der Waals surface area contributed by atoms with Crippen LogP contribution >= 0.6 is 0 Å². The number of Topliss-reactive ketones (excluding diaryl/α,β-unsaturated/α-hetero) is 1. The van der Waals surface area contributed by atoms with E-state index in [4.69, 9.17) is 0 Å². The number of rotatable bonds is 5. The second-order valence-corrected chi connectivity index (χ2v) is 6.09. The highest BCUT2D eigenvalue weighted by molar-refractivity contribution is 5.95. The minimum atomic E-state index is -2.68. The van der Waals surface area contributed by atoms with Gasteiger partial charge in [0.25, 0.3) is 6.43 Å². The summed E-state index contributed by atoms with van der Waals surface area (Å²) in [5.41, 5.74) is 2.43. The first-order chi connectivity index (χ1) is 11.6. The van der Waals surface area contributed by atoms with Gasteiger partial charge in [-0.3, -0.25) is 4.79 Å². The Labute approximate surface area is 137 Å². The molecule has 4 rings (SSSR count). The lowest BCUT2D eigenvalue weighted by molar-refractivity contribution is 0.0986. The standard InChI is InChI=1S/C18H15F2N3O/c19-18(20)14-3-1-2-13(21-14)16(24)8-11-4-7-17-22-15(12-5-6-12)10-23(17)9-11/h1-4,7,9-10,12,18H,5-6,8H2. The number of carbonyl (C=O) groups excluding carboxylic acids is 1. The van der Waals surface area contributed by atoms with Crippen molar-refractivity contribution in [2.75, 3.05) is 0 Å². The Morgan fingerprint density at radius 3 is 2.75 bits per heavy atom. The molecule has 0 N–H and O–H groups in total. The van der Waals surface area contributed by atoms with Gasteiger partial charge in [-0.25, -0.2) is 18.7 Å². The van der Waals surface area contributed by atoms with Gasteiger partial charge < -0.3 is 4.40 Å². The van der Waals surface area contributed by atoms with Gasteiger partial charge in [0.15, 0.2) is 5.78 Å². The third kappa shape index (κ3) is 2.91. The normalized spacial score (nSPS) is 14.5. The maximum Gasteiger partial charge on any atom is 0.280 e. The number of alkyl halides is 2. The largest absolute Gasteiger partial charge is 0.307 e. The average Bonchev–Trinajstić information content (AvgIpc) is 3.34. The molecule has 0 spiro atoms. The van der Waals surface area contributed by atoms with Gasteiger partial charge in [-0.2, -0.15) is 0 Å². The predicted octanol–water partition coefficient (Wildman–Crippen LogP) is 3.97. The third-order valence-electron chi connectivity index (χ3n) is 4.17. The first-order valence-electron chi connectivity index (χ1n) is 7.86. The number of halogens is 2. The van der Waals surface area contributed by atoms with Crippen LogP contribution in [0.3, 0.4) is 0 Å². The molecule has 0 saturated heterocycles. The number of hydrogen-bond acceptors (Lipinski definition) is 3. The van der Waals surface area contributed by atoms with Gasteiger partial charge in [-0.05, 0) is 36.6 Å². The van der Waals surface area contributed by atoms with Crippen LogP contribution in [0, 0.1) is 0 Å². The Bertz CT molecular complexity index is 916. The summed E-state index contributed by atoms with van der Waals surface area (Å²) in [4.78, 5) is 20.6. The number of carbonyl (C=O) groups is 1. The van der Waals surface area contributed by atoms with Gasteiger partial charge in [0.1, 0.15) is 17.0 Å². The highest BCUT2D eigenvalue weighted by Crippen LogP contribution is 2.39. The summed E-state index contributed by atoms with van der Waals surface area (Å²) in [5, 5.41) is 0. The van der Waals surface area contributed by atoms with Crippen LogP contribution in [-0.2, 0) is 6.42 Å². The van der Waals surface area contributed by atoms with Gasteiger partial charge in [0, 0.05) is 24.7 Å². The monoisotopic (exact) mass is 327 g/mol. The molecule has 1 fully saturated rings. The van der Waals surface area contributed by atoms with Crippen LogP contribution in [-0.4, -0.2) is 20.2 Å². The number of fused-ring (bicyclic) bond motifs is 1. The summed E-state index contributed by atoms with van der Waals surface area (Å²) in [6.45, 7) is 0. The molecule has 0 aliphatic heterocycles. The zero-order valence-corrected chi connectivity index (χ0v) is 12.8. The van der Waals surface area contributed by atoms with Crippen LogP contribution in [0.5, 0.6) is 0 Å². The number of aromatic nitrogens is 3. The molecule has 1 saturated carbocycles. The molecule has 24 heavy (non-hydrogen) atoms. The van der Waals surface area contributed by atoms with E-state index in [2.05, 4.69) is 9.97 Å². The average molecular weight is 327 g/mol. The molecule has 0 unspecified atom stereocenters. The second kappa shape index (κ2) is 5.78. The smallest absolute Gasteiger partial charge is 0.280 e. The molecule has 0 aromatic carbocycles. The van der Waals surface area contributed by atoms with E-state index >= 15 is 0 Å². The number of imidazole rings is 1. The van der Waals surface area contributed by atoms with E-state index in [9.17, 15) is 13.6 Å². The molecule has 0 radical (unpaired) electrons. The fourth-order valence-corrected chi connectivity index (χ4v) is 2.74. The van der Waals surface area contributed by atoms with Crippen molar-refractivity contribution in [3.63, 3.8) is 0 Å². The molecule has 1 aliphatic rings.